The summed E-state index contributed by atoms with van der Waals surface area (Å²) in [5.74, 6) is 0.585. The van der Waals surface area contributed by atoms with Crippen LogP contribution in [0.2, 0.25) is 0 Å². The van der Waals surface area contributed by atoms with Crippen molar-refractivity contribution >= 4 is 39.0 Å². The molecular weight excluding hydrogens is 562 g/mol. The van der Waals surface area contributed by atoms with Gasteiger partial charge >= 0.3 is 5.97 Å². The highest BCUT2D eigenvalue weighted by molar-refractivity contribution is 9.10. The molecule has 39 heavy (non-hydrogen) atoms. The maximum Gasteiger partial charge on any atom is 0.344 e. The summed E-state index contributed by atoms with van der Waals surface area (Å²) in [4.78, 5) is 30.0. The number of benzene rings is 3. The molecule has 8 nitrogen and oxygen atoms in total. The first-order valence-electron chi connectivity index (χ1n) is 12.6. The molecule has 1 atom stereocenters. The van der Waals surface area contributed by atoms with Crippen molar-refractivity contribution < 1.29 is 19.4 Å². The normalized spacial score (nSPS) is 12.3. The molecule has 0 saturated carbocycles. The molecule has 0 bridgehead atoms. The van der Waals surface area contributed by atoms with Crippen molar-refractivity contribution in [1.82, 2.24) is 9.66 Å². The predicted octanol–water partition coefficient (Wildman–Crippen LogP) is 6.39. The van der Waals surface area contributed by atoms with Crippen molar-refractivity contribution in [2.24, 2.45) is 5.10 Å². The van der Waals surface area contributed by atoms with Crippen LogP contribution in [0.4, 0.5) is 0 Å². The van der Waals surface area contributed by atoms with Gasteiger partial charge in [0.1, 0.15) is 11.5 Å². The summed E-state index contributed by atoms with van der Waals surface area (Å²) >= 11 is 3.44. The molecular formula is C30H30BrN3O5. The van der Waals surface area contributed by atoms with Gasteiger partial charge in [-0.15, -0.1) is 0 Å². The van der Waals surface area contributed by atoms with E-state index in [0.717, 1.165) is 26.9 Å². The minimum atomic E-state index is -1.09. The lowest BCUT2D eigenvalue weighted by Gasteiger charge is -2.18. The zero-order chi connectivity index (χ0) is 28.3. The Balaban J connectivity index is 1.94. The molecule has 202 valence electrons. The van der Waals surface area contributed by atoms with Gasteiger partial charge in [0.15, 0.2) is 11.9 Å². The molecule has 3 aromatic carbocycles. The van der Waals surface area contributed by atoms with E-state index >= 15 is 0 Å². The first kappa shape index (κ1) is 28.0. The number of hydrogen-bond acceptors (Lipinski definition) is 6. The quantitative estimate of drug-likeness (QED) is 0.226. The van der Waals surface area contributed by atoms with Crippen molar-refractivity contribution in [3.05, 3.63) is 86.1 Å². The SMILES string of the molecule is CCOc1cc(C)c(-c2nc3ccccc3c(=O)n2N=Cc2cc(Br)ccc2O[C@H](C)C(=O)O)cc1C(C)C. The average molecular weight is 592 g/mol. The highest BCUT2D eigenvalue weighted by Crippen LogP contribution is 2.34. The molecule has 9 heteroatoms. The van der Waals surface area contributed by atoms with Gasteiger partial charge in [0, 0.05) is 15.6 Å². The highest BCUT2D eigenvalue weighted by Gasteiger charge is 2.19. The van der Waals surface area contributed by atoms with Gasteiger partial charge in [-0.05, 0) is 80.3 Å². The number of halogens is 1. The zero-order valence-corrected chi connectivity index (χ0v) is 24.0. The molecule has 1 aromatic heterocycles. The van der Waals surface area contributed by atoms with E-state index in [0.29, 0.717) is 34.6 Å². The van der Waals surface area contributed by atoms with E-state index < -0.39 is 12.1 Å². The van der Waals surface area contributed by atoms with Gasteiger partial charge in [-0.1, -0.05) is 41.9 Å². The van der Waals surface area contributed by atoms with Gasteiger partial charge in [0.05, 0.1) is 23.7 Å². The molecule has 0 saturated heterocycles. The van der Waals surface area contributed by atoms with Crippen LogP contribution in [0.25, 0.3) is 22.3 Å². The fraction of sp³-hybridized carbons (Fsp3) is 0.267. The maximum absolute atomic E-state index is 13.7. The Labute approximate surface area is 235 Å². The van der Waals surface area contributed by atoms with E-state index in [4.69, 9.17) is 14.5 Å². The molecule has 1 N–H and O–H groups in total. The van der Waals surface area contributed by atoms with Crippen LogP contribution in [0.1, 0.15) is 50.3 Å². The van der Waals surface area contributed by atoms with Crippen LogP contribution >= 0.6 is 15.9 Å². The minimum Gasteiger partial charge on any atom is -0.494 e. The summed E-state index contributed by atoms with van der Waals surface area (Å²) in [6.45, 7) is 10.1. The molecule has 0 aliphatic carbocycles. The second kappa shape index (κ2) is 11.8. The number of hydrogen-bond donors (Lipinski definition) is 1. The van der Waals surface area contributed by atoms with Crippen LogP contribution in [-0.2, 0) is 4.79 Å². The van der Waals surface area contributed by atoms with Gasteiger partial charge in [-0.2, -0.15) is 9.78 Å². The van der Waals surface area contributed by atoms with Gasteiger partial charge in [-0.25, -0.2) is 9.78 Å². The molecule has 0 aliphatic heterocycles. The first-order chi connectivity index (χ1) is 18.6. The second-order valence-electron chi connectivity index (χ2n) is 9.39. The summed E-state index contributed by atoms with van der Waals surface area (Å²) in [6, 6.07) is 16.3. The fourth-order valence-electron chi connectivity index (χ4n) is 4.16. The number of rotatable bonds is 9. The van der Waals surface area contributed by atoms with Crippen LogP contribution in [0.3, 0.4) is 0 Å². The van der Waals surface area contributed by atoms with Gasteiger partial charge in [0.25, 0.3) is 5.56 Å². The van der Waals surface area contributed by atoms with Gasteiger partial charge in [-0.3, -0.25) is 4.79 Å². The van der Waals surface area contributed by atoms with Crippen molar-refractivity contribution in [3.63, 3.8) is 0 Å². The van der Waals surface area contributed by atoms with Crippen molar-refractivity contribution in [3.8, 4) is 22.9 Å². The van der Waals surface area contributed by atoms with E-state index in [1.807, 2.05) is 32.0 Å². The number of para-hydroxylation sites is 1. The second-order valence-corrected chi connectivity index (χ2v) is 10.3. The number of fused-ring (bicyclic) bond motifs is 1. The Morgan fingerprint density at radius 1 is 1.13 bits per heavy atom. The van der Waals surface area contributed by atoms with Gasteiger partial charge < -0.3 is 14.6 Å². The summed E-state index contributed by atoms with van der Waals surface area (Å²) in [7, 11) is 0. The minimum absolute atomic E-state index is 0.174. The zero-order valence-electron chi connectivity index (χ0n) is 22.4. The first-order valence-corrected chi connectivity index (χ1v) is 13.4. The van der Waals surface area contributed by atoms with Crippen LogP contribution in [0.5, 0.6) is 11.5 Å². The Morgan fingerprint density at radius 3 is 2.56 bits per heavy atom. The lowest BCUT2D eigenvalue weighted by atomic mass is 9.96. The lowest BCUT2D eigenvalue weighted by molar-refractivity contribution is -0.144. The number of aryl methyl sites for hydroxylation is 1. The van der Waals surface area contributed by atoms with Crippen LogP contribution in [0.15, 0.2) is 69.0 Å². The number of carboxylic acid groups (broad SMARTS) is 1. The molecule has 0 spiro atoms. The van der Waals surface area contributed by atoms with Crippen LogP contribution < -0.4 is 15.0 Å². The van der Waals surface area contributed by atoms with E-state index in [2.05, 4.69) is 34.9 Å². The molecule has 4 rings (SSSR count). The number of aliphatic carboxylic acids is 1. The Morgan fingerprint density at radius 2 is 1.87 bits per heavy atom. The van der Waals surface area contributed by atoms with E-state index in [-0.39, 0.29) is 11.5 Å². The average Bonchev–Trinajstić information content (AvgIpc) is 2.89. The topological polar surface area (TPSA) is 103 Å². The largest absolute Gasteiger partial charge is 0.494 e. The van der Waals surface area contributed by atoms with E-state index in [9.17, 15) is 14.7 Å². The maximum atomic E-state index is 13.7. The summed E-state index contributed by atoms with van der Waals surface area (Å²) in [5.41, 5.74) is 3.37. The van der Waals surface area contributed by atoms with Gasteiger partial charge in [0.2, 0.25) is 0 Å². The Hall–Kier alpha value is -3.98. The molecule has 0 radical (unpaired) electrons. The highest BCUT2D eigenvalue weighted by atomic mass is 79.9. The van der Waals surface area contributed by atoms with E-state index in [1.165, 1.54) is 17.8 Å². The van der Waals surface area contributed by atoms with Crippen molar-refractivity contribution in [2.75, 3.05) is 6.61 Å². The van der Waals surface area contributed by atoms with Crippen LogP contribution in [0, 0.1) is 6.92 Å². The number of ether oxygens (including phenoxy) is 2. The summed E-state index contributed by atoms with van der Waals surface area (Å²) in [6.07, 6.45) is 0.406. The third-order valence-electron chi connectivity index (χ3n) is 6.21. The fourth-order valence-corrected chi connectivity index (χ4v) is 4.54. The summed E-state index contributed by atoms with van der Waals surface area (Å²) < 4.78 is 13.5. The predicted molar refractivity (Wildman–Crippen MR) is 156 cm³/mol. The monoisotopic (exact) mass is 591 g/mol. The number of carboxylic acids is 1. The standard InChI is InChI=1S/C30H30BrN3O5/c1-6-38-27-13-18(4)24(15-23(27)17(2)3)28-33-25-10-8-7-9-22(25)29(35)34(28)32-16-20-14-21(31)11-12-26(20)39-19(5)30(36)37/h7-17,19H,6H2,1-5H3,(H,36,37)/t19-/m1/s1. The summed E-state index contributed by atoms with van der Waals surface area (Å²) in [5, 5.41) is 14.3. The smallest absolute Gasteiger partial charge is 0.344 e. The van der Waals surface area contributed by atoms with Crippen molar-refractivity contribution in [1.29, 1.82) is 0 Å². The molecule has 0 unspecified atom stereocenters. The number of carbonyl (C=O) groups is 1. The molecule has 0 fully saturated rings. The third-order valence-corrected chi connectivity index (χ3v) is 6.70. The molecule has 4 aromatic rings. The Kier molecular flexibility index (Phi) is 8.50. The lowest BCUT2D eigenvalue weighted by Crippen LogP contribution is -2.23. The van der Waals surface area contributed by atoms with Crippen molar-refractivity contribution in [2.45, 2.75) is 46.6 Å². The van der Waals surface area contributed by atoms with E-state index in [1.54, 1.807) is 36.4 Å². The Bertz CT molecular complexity index is 1630. The number of nitrogens with zero attached hydrogens (tertiary/aromatic N) is 3. The third kappa shape index (κ3) is 6.04. The van der Waals surface area contributed by atoms with Crippen LogP contribution in [-0.4, -0.2) is 39.7 Å². The molecule has 1 heterocycles. The molecule has 0 aliphatic rings. The molecule has 0 amide bonds. The number of aromatic nitrogens is 2.